The van der Waals surface area contributed by atoms with Crippen LogP contribution in [0.1, 0.15) is 89.2 Å². The third kappa shape index (κ3) is 11.1. The van der Waals surface area contributed by atoms with Crippen LogP contribution in [0.4, 0.5) is 0 Å². The van der Waals surface area contributed by atoms with Crippen LogP contribution in [0.15, 0.2) is 26.8 Å². The van der Waals surface area contributed by atoms with Gasteiger partial charge in [-0.3, -0.25) is 9.59 Å². The number of amides is 2. The summed E-state index contributed by atoms with van der Waals surface area (Å²) in [7, 11) is 0. The number of phenolic OH excluding ortho intramolecular Hbond substituents is 1. The molecule has 0 radical (unpaired) electrons. The Bertz CT molecular complexity index is 678. The zero-order chi connectivity index (χ0) is 22.2. The Morgan fingerprint density at radius 1 is 0.867 bits per heavy atom. The molecule has 0 aliphatic rings. The van der Waals surface area contributed by atoms with Crippen LogP contribution in [0.2, 0.25) is 0 Å². The maximum Gasteiger partial charge on any atom is 0.240 e. The van der Waals surface area contributed by atoms with E-state index in [1.165, 1.54) is 12.4 Å². The molecule has 1 aromatic carbocycles. The second kappa shape index (κ2) is 15.6. The number of nitrogens with zero attached hydrogens (tertiary/aromatic N) is 2. The number of hydrogen-bond donors (Lipinski definition) is 3. The molecule has 166 valence electrons. The van der Waals surface area contributed by atoms with Gasteiger partial charge in [0, 0.05) is 28.4 Å². The molecular weight excluding hydrogens is 448 g/mol. The highest BCUT2D eigenvalue weighted by Crippen LogP contribution is 2.25. The summed E-state index contributed by atoms with van der Waals surface area (Å²) in [4.78, 5) is 23.5. The summed E-state index contributed by atoms with van der Waals surface area (Å²) < 4.78 is 0.708. The van der Waals surface area contributed by atoms with Gasteiger partial charge in [0.05, 0.1) is 12.4 Å². The number of rotatable bonds is 14. The zero-order valence-corrected chi connectivity index (χ0v) is 19.5. The van der Waals surface area contributed by atoms with E-state index in [9.17, 15) is 14.7 Å². The van der Waals surface area contributed by atoms with Crippen molar-refractivity contribution in [2.45, 2.75) is 78.1 Å². The Hall–Kier alpha value is -2.22. The molecule has 0 aliphatic carbocycles. The van der Waals surface area contributed by atoms with E-state index >= 15 is 0 Å². The summed E-state index contributed by atoms with van der Waals surface area (Å²) >= 11 is 3.38. The smallest absolute Gasteiger partial charge is 0.240 e. The minimum Gasteiger partial charge on any atom is -0.507 e. The molecule has 0 aromatic heterocycles. The summed E-state index contributed by atoms with van der Waals surface area (Å²) in [5, 5.41) is 18.3. The van der Waals surface area contributed by atoms with Crippen molar-refractivity contribution in [1.82, 2.24) is 10.9 Å². The minimum absolute atomic E-state index is 0.0416. The predicted octanol–water partition coefficient (Wildman–Crippen LogP) is 5.00. The Morgan fingerprint density at radius 2 is 1.30 bits per heavy atom. The first-order valence-electron chi connectivity index (χ1n) is 10.6. The monoisotopic (exact) mass is 480 g/mol. The van der Waals surface area contributed by atoms with Crippen LogP contribution in [0.3, 0.4) is 0 Å². The van der Waals surface area contributed by atoms with Gasteiger partial charge in [-0.2, -0.15) is 10.2 Å². The van der Waals surface area contributed by atoms with E-state index in [1.807, 2.05) is 0 Å². The first-order chi connectivity index (χ1) is 14.5. The van der Waals surface area contributed by atoms with Gasteiger partial charge in [-0.15, -0.1) is 0 Å². The molecule has 7 nitrogen and oxygen atoms in total. The molecule has 0 saturated heterocycles. The van der Waals surface area contributed by atoms with Crippen molar-refractivity contribution in [1.29, 1.82) is 0 Å². The number of carbonyl (C=O) groups is 2. The number of hydrogen-bond acceptors (Lipinski definition) is 5. The largest absolute Gasteiger partial charge is 0.507 e. The molecule has 0 atom stereocenters. The third-order valence-corrected chi connectivity index (χ3v) is 4.89. The van der Waals surface area contributed by atoms with E-state index in [0.717, 1.165) is 51.4 Å². The van der Waals surface area contributed by atoms with Crippen LogP contribution in [-0.4, -0.2) is 29.4 Å². The fourth-order valence-corrected chi connectivity index (χ4v) is 3.22. The van der Waals surface area contributed by atoms with Gasteiger partial charge >= 0.3 is 0 Å². The number of phenols is 1. The van der Waals surface area contributed by atoms with Gasteiger partial charge in [0.25, 0.3) is 0 Å². The van der Waals surface area contributed by atoms with Gasteiger partial charge in [0.2, 0.25) is 11.8 Å². The number of carbonyl (C=O) groups excluding carboxylic acids is 2. The van der Waals surface area contributed by atoms with E-state index in [-0.39, 0.29) is 17.6 Å². The minimum atomic E-state index is -0.153. The van der Waals surface area contributed by atoms with Crippen molar-refractivity contribution in [3.63, 3.8) is 0 Å². The summed E-state index contributed by atoms with van der Waals surface area (Å²) in [5.41, 5.74) is 5.79. The lowest BCUT2D eigenvalue weighted by atomic mass is 10.1. The normalized spacial score (nSPS) is 11.3. The molecule has 0 fully saturated rings. The molecule has 2 amide bonds. The second-order valence-electron chi connectivity index (χ2n) is 7.14. The van der Waals surface area contributed by atoms with E-state index < -0.39 is 0 Å². The fourth-order valence-electron chi connectivity index (χ4n) is 2.72. The first kappa shape index (κ1) is 25.8. The summed E-state index contributed by atoms with van der Waals surface area (Å²) in [6.07, 6.45) is 11.8. The quantitative estimate of drug-likeness (QED) is 0.198. The molecule has 8 heteroatoms. The highest BCUT2D eigenvalue weighted by atomic mass is 79.9. The number of unbranched alkanes of at least 4 members (excludes halogenated alkanes) is 6. The van der Waals surface area contributed by atoms with Gasteiger partial charge in [-0.05, 0) is 25.0 Å². The SMILES string of the molecule is CCCCCCC(=O)NN=Cc1cc(Br)cc(C=NNC(=O)CCCCCC)c1O. The molecule has 0 bridgehead atoms. The molecule has 1 aromatic rings. The summed E-state index contributed by atoms with van der Waals surface area (Å²) in [5.74, 6) is -0.347. The predicted molar refractivity (Wildman–Crippen MR) is 125 cm³/mol. The lowest BCUT2D eigenvalue weighted by molar-refractivity contribution is -0.122. The van der Waals surface area contributed by atoms with Gasteiger partial charge in [0.1, 0.15) is 5.75 Å². The van der Waals surface area contributed by atoms with Gasteiger partial charge in [-0.1, -0.05) is 68.3 Å². The number of halogens is 1. The second-order valence-corrected chi connectivity index (χ2v) is 8.06. The Balaban J connectivity index is 2.59. The number of hydrazone groups is 2. The summed E-state index contributed by atoms with van der Waals surface area (Å²) in [6, 6.07) is 3.35. The van der Waals surface area contributed by atoms with Crippen LogP contribution in [0.25, 0.3) is 0 Å². The number of nitrogens with one attached hydrogen (secondary N) is 2. The molecule has 0 unspecified atom stereocenters. The number of aromatic hydroxyl groups is 1. The maximum atomic E-state index is 11.8. The third-order valence-electron chi connectivity index (χ3n) is 4.43. The molecule has 0 spiro atoms. The van der Waals surface area contributed by atoms with Crippen LogP contribution in [-0.2, 0) is 9.59 Å². The molecule has 1 rings (SSSR count). The van der Waals surface area contributed by atoms with Gasteiger partial charge in [-0.25, -0.2) is 10.9 Å². The molecule has 0 heterocycles. The highest BCUT2D eigenvalue weighted by Gasteiger charge is 2.07. The van der Waals surface area contributed by atoms with Crippen LogP contribution >= 0.6 is 15.9 Å². The van der Waals surface area contributed by atoms with E-state index in [4.69, 9.17) is 0 Å². The lowest BCUT2D eigenvalue weighted by Gasteiger charge is -2.05. The van der Waals surface area contributed by atoms with Crippen molar-refractivity contribution in [3.05, 3.63) is 27.7 Å². The van der Waals surface area contributed by atoms with E-state index in [2.05, 4.69) is 50.8 Å². The topological polar surface area (TPSA) is 103 Å². The fraction of sp³-hybridized carbons (Fsp3) is 0.545. The molecule has 30 heavy (non-hydrogen) atoms. The lowest BCUT2D eigenvalue weighted by Crippen LogP contribution is -2.17. The van der Waals surface area contributed by atoms with Gasteiger partial charge in [0.15, 0.2) is 0 Å². The molecular formula is C22H33BrN4O3. The Morgan fingerprint density at radius 3 is 1.70 bits per heavy atom. The maximum absolute atomic E-state index is 11.8. The zero-order valence-electron chi connectivity index (χ0n) is 17.9. The average Bonchev–Trinajstić information content (AvgIpc) is 2.71. The highest BCUT2D eigenvalue weighted by molar-refractivity contribution is 9.10. The molecule has 0 aliphatic heterocycles. The Labute approximate surface area is 187 Å². The number of benzene rings is 1. The standard InChI is InChI=1S/C22H33BrN4O3/c1-3-5-7-9-11-20(28)26-24-15-17-13-19(23)14-18(22(17)30)16-25-27-21(29)12-10-8-6-4-2/h13-16,30H,3-12H2,1-2H3,(H,26,28)(H,27,29). The Kier molecular flexibility index (Phi) is 13.4. The van der Waals surface area contributed by atoms with Crippen molar-refractivity contribution in [2.24, 2.45) is 10.2 Å². The van der Waals surface area contributed by atoms with Crippen LogP contribution in [0, 0.1) is 0 Å². The van der Waals surface area contributed by atoms with Gasteiger partial charge < -0.3 is 5.11 Å². The summed E-state index contributed by atoms with van der Waals surface area (Å²) in [6.45, 7) is 4.24. The van der Waals surface area contributed by atoms with Crippen molar-refractivity contribution in [2.75, 3.05) is 0 Å². The van der Waals surface area contributed by atoms with E-state index in [1.54, 1.807) is 12.1 Å². The average molecular weight is 481 g/mol. The van der Waals surface area contributed by atoms with Crippen LogP contribution < -0.4 is 10.9 Å². The first-order valence-corrected chi connectivity index (χ1v) is 11.4. The molecule has 0 saturated carbocycles. The van der Waals surface area contributed by atoms with Crippen molar-refractivity contribution >= 4 is 40.2 Å². The van der Waals surface area contributed by atoms with Crippen molar-refractivity contribution in [3.8, 4) is 5.75 Å². The molecule has 3 N–H and O–H groups in total. The van der Waals surface area contributed by atoms with Crippen LogP contribution in [0.5, 0.6) is 5.75 Å². The van der Waals surface area contributed by atoms with E-state index in [0.29, 0.717) is 28.4 Å². The van der Waals surface area contributed by atoms with Crippen molar-refractivity contribution < 1.29 is 14.7 Å².